The molecule has 0 spiro atoms. The Morgan fingerprint density at radius 1 is 0.975 bits per heavy atom. The molecular weight excluding hydrogens is 498 g/mol. The standard InChI is InChI=1S/C32H35N7O/c1-22-16-23(2)29-26(17-22)18-28(32(40)34-29)30(31-35-36-37-39(31)27-13-7-4-8-14-27)38(20-24-10-5-3-6-11-24)21-25-12-9-15-33-19-25/h3,5-6,9-12,15-19,27,30H,4,7-8,13-14,20-21H2,1-2H3,(H,34,40)/t30-/m0/s1. The predicted molar refractivity (Wildman–Crippen MR) is 156 cm³/mol. The third kappa shape index (κ3) is 5.45. The van der Waals surface area contributed by atoms with Crippen LogP contribution >= 0.6 is 0 Å². The van der Waals surface area contributed by atoms with Crippen molar-refractivity contribution in [3.05, 3.63) is 117 Å². The number of hydrogen-bond acceptors (Lipinski definition) is 6. The molecule has 3 aromatic heterocycles. The summed E-state index contributed by atoms with van der Waals surface area (Å²) in [6, 6.07) is 20.4. The first-order valence-electron chi connectivity index (χ1n) is 14.2. The van der Waals surface area contributed by atoms with Crippen LogP contribution in [0.5, 0.6) is 0 Å². The Labute approximate surface area is 234 Å². The molecule has 1 saturated carbocycles. The minimum atomic E-state index is -0.466. The van der Waals surface area contributed by atoms with Crippen molar-refractivity contribution < 1.29 is 0 Å². The number of hydrogen-bond donors (Lipinski definition) is 1. The second kappa shape index (κ2) is 11.5. The first-order valence-corrected chi connectivity index (χ1v) is 14.2. The molecule has 1 N–H and O–H groups in total. The summed E-state index contributed by atoms with van der Waals surface area (Å²) in [5.41, 5.74) is 5.81. The van der Waals surface area contributed by atoms with Crippen LogP contribution in [0.4, 0.5) is 0 Å². The van der Waals surface area contributed by atoms with Crippen LogP contribution in [0.15, 0.2) is 77.9 Å². The highest BCUT2D eigenvalue weighted by molar-refractivity contribution is 5.83. The molecule has 1 aliphatic carbocycles. The largest absolute Gasteiger partial charge is 0.321 e. The molecule has 0 unspecified atom stereocenters. The number of tetrazole rings is 1. The minimum absolute atomic E-state index is 0.119. The molecule has 204 valence electrons. The number of rotatable bonds is 8. The molecule has 0 aliphatic heterocycles. The Bertz CT molecular complexity index is 1600. The Kier molecular flexibility index (Phi) is 7.51. The van der Waals surface area contributed by atoms with Gasteiger partial charge in [-0.15, -0.1) is 5.10 Å². The lowest BCUT2D eigenvalue weighted by atomic mass is 9.94. The molecular formula is C32H35N7O. The maximum Gasteiger partial charge on any atom is 0.253 e. The maximum absolute atomic E-state index is 13.9. The molecule has 6 rings (SSSR count). The van der Waals surface area contributed by atoms with Gasteiger partial charge in [-0.25, -0.2) is 4.68 Å². The first kappa shape index (κ1) is 26.1. The zero-order valence-electron chi connectivity index (χ0n) is 23.1. The Morgan fingerprint density at radius 2 is 1.75 bits per heavy atom. The highest BCUT2D eigenvalue weighted by atomic mass is 16.1. The maximum atomic E-state index is 13.9. The van der Waals surface area contributed by atoms with E-state index in [1.54, 1.807) is 6.20 Å². The normalized spacial score (nSPS) is 15.1. The van der Waals surface area contributed by atoms with Crippen molar-refractivity contribution in [2.24, 2.45) is 0 Å². The molecule has 5 aromatic rings. The number of aryl methyl sites for hydroxylation is 2. The summed E-state index contributed by atoms with van der Waals surface area (Å²) in [4.78, 5) is 23.8. The van der Waals surface area contributed by atoms with E-state index in [1.807, 2.05) is 48.1 Å². The molecule has 0 bridgehead atoms. The average molecular weight is 534 g/mol. The van der Waals surface area contributed by atoms with Crippen LogP contribution in [0.2, 0.25) is 0 Å². The number of nitrogens with one attached hydrogen (secondary N) is 1. The molecule has 1 atom stereocenters. The van der Waals surface area contributed by atoms with Crippen molar-refractivity contribution in [2.45, 2.75) is 71.1 Å². The highest BCUT2D eigenvalue weighted by Crippen LogP contribution is 2.34. The van der Waals surface area contributed by atoms with Gasteiger partial charge in [0.1, 0.15) is 6.04 Å². The molecule has 1 aliphatic rings. The fourth-order valence-corrected chi connectivity index (χ4v) is 6.15. The van der Waals surface area contributed by atoms with E-state index in [-0.39, 0.29) is 11.6 Å². The summed E-state index contributed by atoms with van der Waals surface area (Å²) in [5, 5.41) is 14.3. The average Bonchev–Trinajstić information content (AvgIpc) is 3.45. The summed E-state index contributed by atoms with van der Waals surface area (Å²) in [7, 11) is 0. The third-order valence-electron chi connectivity index (χ3n) is 8.00. The van der Waals surface area contributed by atoms with E-state index in [4.69, 9.17) is 0 Å². The Hall–Kier alpha value is -4.17. The highest BCUT2D eigenvalue weighted by Gasteiger charge is 2.33. The van der Waals surface area contributed by atoms with Crippen molar-refractivity contribution in [2.75, 3.05) is 0 Å². The molecule has 2 aromatic carbocycles. The second-order valence-corrected chi connectivity index (χ2v) is 11.0. The zero-order valence-corrected chi connectivity index (χ0v) is 23.1. The minimum Gasteiger partial charge on any atom is -0.321 e. The lowest BCUT2D eigenvalue weighted by molar-refractivity contribution is 0.186. The van der Waals surface area contributed by atoms with Gasteiger partial charge in [0.05, 0.1) is 11.6 Å². The number of aromatic nitrogens is 6. The molecule has 40 heavy (non-hydrogen) atoms. The molecule has 1 fully saturated rings. The fraction of sp³-hybridized carbons (Fsp3) is 0.344. The number of H-pyrrole nitrogens is 1. The fourth-order valence-electron chi connectivity index (χ4n) is 6.15. The van der Waals surface area contributed by atoms with E-state index in [0.29, 0.717) is 24.5 Å². The van der Waals surface area contributed by atoms with E-state index in [0.717, 1.165) is 58.8 Å². The van der Waals surface area contributed by atoms with Crippen LogP contribution in [0.25, 0.3) is 10.9 Å². The monoisotopic (exact) mass is 533 g/mol. The van der Waals surface area contributed by atoms with Crippen LogP contribution in [0, 0.1) is 13.8 Å². The van der Waals surface area contributed by atoms with E-state index >= 15 is 0 Å². The van der Waals surface area contributed by atoms with Crippen LogP contribution in [-0.2, 0) is 13.1 Å². The first-order chi connectivity index (χ1) is 19.6. The summed E-state index contributed by atoms with van der Waals surface area (Å²) in [6.07, 6.45) is 9.31. The van der Waals surface area contributed by atoms with Gasteiger partial charge < -0.3 is 4.98 Å². The summed E-state index contributed by atoms with van der Waals surface area (Å²) in [6.45, 7) is 5.32. The summed E-state index contributed by atoms with van der Waals surface area (Å²) < 4.78 is 2.00. The SMILES string of the molecule is Cc1cc(C)c2[nH]c(=O)c([C@@H](c3nnnn3C3CCCCC3)N(Cc3ccccc3)Cc3cccnc3)cc2c1. The topological polar surface area (TPSA) is 92.6 Å². The van der Waals surface area contributed by atoms with Gasteiger partial charge in [-0.3, -0.25) is 14.7 Å². The van der Waals surface area contributed by atoms with E-state index in [9.17, 15) is 4.79 Å². The van der Waals surface area contributed by atoms with Crippen LogP contribution < -0.4 is 5.56 Å². The van der Waals surface area contributed by atoms with Crippen molar-refractivity contribution >= 4 is 10.9 Å². The van der Waals surface area contributed by atoms with Gasteiger partial charge in [0.25, 0.3) is 5.56 Å². The van der Waals surface area contributed by atoms with Gasteiger partial charge in [-0.05, 0) is 77.4 Å². The van der Waals surface area contributed by atoms with Crippen LogP contribution in [-0.4, -0.2) is 35.1 Å². The van der Waals surface area contributed by atoms with Crippen LogP contribution in [0.3, 0.4) is 0 Å². The molecule has 0 saturated heterocycles. The zero-order chi connectivity index (χ0) is 27.5. The van der Waals surface area contributed by atoms with Crippen molar-refractivity contribution in [1.29, 1.82) is 0 Å². The van der Waals surface area contributed by atoms with Crippen molar-refractivity contribution in [3.8, 4) is 0 Å². The van der Waals surface area contributed by atoms with Crippen LogP contribution in [0.1, 0.15) is 77.8 Å². The Balaban J connectivity index is 1.55. The molecule has 0 radical (unpaired) electrons. The number of nitrogens with zero attached hydrogens (tertiary/aromatic N) is 6. The molecule has 8 heteroatoms. The number of aromatic amines is 1. The smallest absolute Gasteiger partial charge is 0.253 e. The quantitative estimate of drug-likeness (QED) is 0.270. The van der Waals surface area contributed by atoms with Crippen molar-refractivity contribution in [1.82, 2.24) is 35.1 Å². The number of benzene rings is 2. The van der Waals surface area contributed by atoms with E-state index in [2.05, 4.69) is 67.6 Å². The van der Waals surface area contributed by atoms with Gasteiger partial charge in [-0.1, -0.05) is 67.3 Å². The molecule has 8 nitrogen and oxygen atoms in total. The van der Waals surface area contributed by atoms with Gasteiger partial charge >= 0.3 is 0 Å². The second-order valence-electron chi connectivity index (χ2n) is 11.0. The summed E-state index contributed by atoms with van der Waals surface area (Å²) >= 11 is 0. The summed E-state index contributed by atoms with van der Waals surface area (Å²) in [5.74, 6) is 0.709. The van der Waals surface area contributed by atoms with E-state index in [1.165, 1.54) is 6.42 Å². The Morgan fingerprint density at radius 3 is 2.52 bits per heavy atom. The lowest BCUT2D eigenvalue weighted by Crippen LogP contribution is -2.35. The van der Waals surface area contributed by atoms with Gasteiger partial charge in [0, 0.05) is 31.0 Å². The van der Waals surface area contributed by atoms with Gasteiger partial charge in [0.2, 0.25) is 0 Å². The van der Waals surface area contributed by atoms with Crippen molar-refractivity contribution in [3.63, 3.8) is 0 Å². The molecule has 3 heterocycles. The van der Waals surface area contributed by atoms with E-state index < -0.39 is 6.04 Å². The lowest BCUT2D eigenvalue weighted by Gasteiger charge is -2.32. The van der Waals surface area contributed by atoms with Gasteiger partial charge in [0.15, 0.2) is 5.82 Å². The number of fused-ring (bicyclic) bond motifs is 1. The predicted octanol–water partition coefficient (Wildman–Crippen LogP) is 5.82. The third-order valence-corrected chi connectivity index (χ3v) is 8.00. The number of pyridine rings is 2. The molecule has 0 amide bonds. The van der Waals surface area contributed by atoms with Gasteiger partial charge in [-0.2, -0.15) is 0 Å².